The Morgan fingerprint density at radius 2 is 1.93 bits per heavy atom. The predicted molar refractivity (Wildman–Crippen MR) is 55.0 cm³/mol. The number of ether oxygens (including phenoxy) is 1. The minimum atomic E-state index is -0.608. The van der Waals surface area contributed by atoms with Crippen molar-refractivity contribution in [3.8, 4) is 5.75 Å². The van der Waals surface area contributed by atoms with Crippen LogP contribution in [0.25, 0.3) is 0 Å². The third-order valence-electron chi connectivity index (χ3n) is 1.31. The first-order chi connectivity index (χ1) is 6.75. The number of aromatic hydroxyl groups is 1. The van der Waals surface area contributed by atoms with Crippen LogP contribution in [0.4, 0.5) is 0 Å². The molecule has 3 heteroatoms. The molecule has 1 aromatic carbocycles. The molecule has 0 atom stereocenters. The molecule has 1 rings (SSSR count). The number of hydrogen-bond donors (Lipinski definition) is 1. The van der Waals surface area contributed by atoms with Crippen LogP contribution >= 0.6 is 0 Å². The van der Waals surface area contributed by atoms with Crippen molar-refractivity contribution in [2.45, 2.75) is 0 Å². The quantitative estimate of drug-likeness (QED) is 0.445. The molecule has 74 valence electrons. The molecule has 3 nitrogen and oxygen atoms in total. The molecule has 0 aliphatic carbocycles. The summed E-state index contributed by atoms with van der Waals surface area (Å²) in [5.74, 6) is -0.701. The fraction of sp³-hybridized carbons (Fsp3) is 0. The Bertz CT molecular complexity index is 318. The summed E-state index contributed by atoms with van der Waals surface area (Å²) >= 11 is 0. The van der Waals surface area contributed by atoms with E-state index in [4.69, 9.17) is 0 Å². The van der Waals surface area contributed by atoms with E-state index in [1.165, 1.54) is 12.1 Å². The van der Waals surface area contributed by atoms with Crippen molar-refractivity contribution in [1.29, 1.82) is 0 Å². The first-order valence-electron chi connectivity index (χ1n) is 3.85. The van der Waals surface area contributed by atoms with Crippen LogP contribution in [0.3, 0.4) is 0 Å². The Labute approximate surface area is 83.0 Å². The van der Waals surface area contributed by atoms with Crippen LogP contribution in [0.15, 0.2) is 50.3 Å². The van der Waals surface area contributed by atoms with Crippen molar-refractivity contribution >= 4 is 5.97 Å². The molecule has 0 unspecified atom stereocenters. The molecule has 0 fully saturated rings. The normalized spacial score (nSPS) is 8.00. The second kappa shape index (κ2) is 6.48. The number of esters is 1. The molecule has 0 amide bonds. The van der Waals surface area contributed by atoms with Gasteiger partial charge in [0.15, 0.2) is 0 Å². The van der Waals surface area contributed by atoms with Gasteiger partial charge in [-0.2, -0.15) is 0 Å². The van der Waals surface area contributed by atoms with Crippen molar-refractivity contribution < 1.29 is 14.6 Å². The van der Waals surface area contributed by atoms with Gasteiger partial charge in [0.05, 0.1) is 6.26 Å². The zero-order valence-corrected chi connectivity index (χ0v) is 7.77. The molecule has 0 saturated heterocycles. The molecule has 0 aliphatic heterocycles. The molecule has 0 saturated carbocycles. The van der Waals surface area contributed by atoms with E-state index in [0.29, 0.717) is 0 Å². The fourth-order valence-electron chi connectivity index (χ4n) is 0.785. The zero-order valence-electron chi connectivity index (χ0n) is 7.77. The molecule has 0 radical (unpaired) electrons. The summed E-state index contributed by atoms with van der Waals surface area (Å²) in [4.78, 5) is 11.0. The molecule has 0 aliphatic rings. The molecular formula is C11H12O3. The van der Waals surface area contributed by atoms with Gasteiger partial charge in [-0.3, -0.25) is 0 Å². The second-order valence-electron chi connectivity index (χ2n) is 2.09. The highest BCUT2D eigenvalue weighted by Crippen LogP contribution is 2.16. The molecule has 0 spiro atoms. The number of hydrogen-bond acceptors (Lipinski definition) is 3. The number of carbonyl (C=O) groups is 1. The largest absolute Gasteiger partial charge is 0.507 e. The van der Waals surface area contributed by atoms with Gasteiger partial charge in [-0.15, -0.1) is 13.2 Å². The van der Waals surface area contributed by atoms with E-state index in [2.05, 4.69) is 24.5 Å². The maximum Gasteiger partial charge on any atom is 0.346 e. The number of phenolic OH excluding ortho intramolecular Hbond substituents is 1. The summed E-state index contributed by atoms with van der Waals surface area (Å²) in [5.41, 5.74) is 0.136. The van der Waals surface area contributed by atoms with Gasteiger partial charge in [0, 0.05) is 0 Å². The highest BCUT2D eigenvalue weighted by molar-refractivity contribution is 5.92. The third kappa shape index (κ3) is 3.15. The Hall–Kier alpha value is -2.03. The molecule has 14 heavy (non-hydrogen) atoms. The Balaban J connectivity index is 0.000000791. The summed E-state index contributed by atoms with van der Waals surface area (Å²) < 4.78 is 4.47. The summed E-state index contributed by atoms with van der Waals surface area (Å²) in [5, 5.41) is 9.17. The first-order valence-corrected chi connectivity index (χ1v) is 3.85. The lowest BCUT2D eigenvalue weighted by Crippen LogP contribution is -1.99. The average molecular weight is 192 g/mol. The van der Waals surface area contributed by atoms with Crippen LogP contribution < -0.4 is 0 Å². The minimum absolute atomic E-state index is 0.0932. The van der Waals surface area contributed by atoms with Gasteiger partial charge in [-0.05, 0) is 12.1 Å². The molecule has 0 heterocycles. The summed E-state index contributed by atoms with van der Waals surface area (Å²) in [6, 6.07) is 6.15. The van der Waals surface area contributed by atoms with Crippen LogP contribution in [0.1, 0.15) is 10.4 Å². The molecule has 0 aromatic heterocycles. The average Bonchev–Trinajstić information content (AvgIpc) is 2.22. The standard InChI is InChI=1S/C9H8O3.C2H4/c1-2-12-9(11)7-5-3-4-6-8(7)10;1-2/h2-6,10H,1H2;1-2H2. The van der Waals surface area contributed by atoms with E-state index in [0.717, 1.165) is 6.26 Å². The van der Waals surface area contributed by atoms with E-state index in [1.807, 2.05) is 0 Å². The van der Waals surface area contributed by atoms with Gasteiger partial charge >= 0.3 is 5.97 Å². The Kier molecular flexibility index (Phi) is 5.54. The van der Waals surface area contributed by atoms with Crippen molar-refractivity contribution in [1.82, 2.24) is 0 Å². The van der Waals surface area contributed by atoms with Crippen molar-refractivity contribution in [3.63, 3.8) is 0 Å². The summed E-state index contributed by atoms with van der Waals surface area (Å²) in [7, 11) is 0. The lowest BCUT2D eigenvalue weighted by molar-refractivity contribution is 0.0661. The van der Waals surface area contributed by atoms with Gasteiger partial charge in [-0.25, -0.2) is 4.79 Å². The second-order valence-corrected chi connectivity index (χ2v) is 2.09. The topological polar surface area (TPSA) is 46.5 Å². The zero-order chi connectivity index (χ0) is 11.0. The number of carbonyl (C=O) groups excluding carboxylic acids is 1. The van der Waals surface area contributed by atoms with Crippen LogP contribution in [-0.2, 0) is 4.74 Å². The summed E-state index contributed by atoms with van der Waals surface area (Å²) in [6.07, 6.45) is 1.02. The van der Waals surface area contributed by atoms with Gasteiger partial charge in [0.25, 0.3) is 0 Å². The third-order valence-corrected chi connectivity index (χ3v) is 1.31. The van der Waals surface area contributed by atoms with Crippen LogP contribution in [0.5, 0.6) is 5.75 Å². The Morgan fingerprint density at radius 3 is 2.43 bits per heavy atom. The highest BCUT2D eigenvalue weighted by atomic mass is 16.5. The van der Waals surface area contributed by atoms with E-state index in [9.17, 15) is 9.90 Å². The maximum atomic E-state index is 11.0. The van der Waals surface area contributed by atoms with Crippen molar-refractivity contribution in [2.24, 2.45) is 0 Å². The maximum absolute atomic E-state index is 11.0. The van der Waals surface area contributed by atoms with E-state index < -0.39 is 5.97 Å². The van der Waals surface area contributed by atoms with Gasteiger partial charge in [0.2, 0.25) is 0 Å². The smallest absolute Gasteiger partial charge is 0.346 e. The predicted octanol–water partition coefficient (Wildman–Crippen LogP) is 2.49. The number of rotatable bonds is 2. The monoisotopic (exact) mass is 192 g/mol. The lowest BCUT2D eigenvalue weighted by Gasteiger charge is -2.00. The first kappa shape index (κ1) is 12.0. The number of phenols is 1. The Morgan fingerprint density at radius 1 is 1.36 bits per heavy atom. The van der Waals surface area contributed by atoms with Crippen LogP contribution in [0, 0.1) is 0 Å². The van der Waals surface area contributed by atoms with E-state index in [-0.39, 0.29) is 11.3 Å². The SMILES string of the molecule is C=C.C=COC(=O)c1ccccc1O. The molecule has 0 bridgehead atoms. The van der Waals surface area contributed by atoms with E-state index >= 15 is 0 Å². The van der Waals surface area contributed by atoms with Crippen LogP contribution in [0.2, 0.25) is 0 Å². The van der Waals surface area contributed by atoms with Crippen molar-refractivity contribution in [2.75, 3.05) is 0 Å². The van der Waals surface area contributed by atoms with Crippen LogP contribution in [-0.4, -0.2) is 11.1 Å². The fourth-order valence-corrected chi connectivity index (χ4v) is 0.785. The molecular weight excluding hydrogens is 180 g/mol. The van der Waals surface area contributed by atoms with Gasteiger partial charge in [0.1, 0.15) is 11.3 Å². The van der Waals surface area contributed by atoms with Crippen molar-refractivity contribution in [3.05, 3.63) is 55.8 Å². The highest BCUT2D eigenvalue weighted by Gasteiger charge is 2.09. The van der Waals surface area contributed by atoms with Gasteiger partial charge < -0.3 is 9.84 Å². The van der Waals surface area contributed by atoms with Gasteiger partial charge in [-0.1, -0.05) is 18.7 Å². The molecule has 1 aromatic rings. The van der Waals surface area contributed by atoms with E-state index in [1.54, 1.807) is 12.1 Å². The minimum Gasteiger partial charge on any atom is -0.507 e. The number of para-hydroxylation sites is 1. The molecule has 1 N–H and O–H groups in total. The summed E-state index contributed by atoms with van der Waals surface area (Å²) in [6.45, 7) is 9.23. The lowest BCUT2D eigenvalue weighted by atomic mass is 10.2. The number of benzene rings is 1.